The van der Waals surface area contributed by atoms with Crippen molar-refractivity contribution in [1.82, 2.24) is 24.4 Å². The third-order valence-electron chi connectivity index (χ3n) is 6.26. The molecule has 0 N–H and O–H groups in total. The first-order valence-electron chi connectivity index (χ1n) is 11.1. The lowest BCUT2D eigenvalue weighted by atomic mass is 10.0. The highest BCUT2D eigenvalue weighted by Crippen LogP contribution is 2.34. The van der Waals surface area contributed by atoms with E-state index in [1.807, 2.05) is 17.7 Å². The standard InChI is InChI=1S/C25H23F2N7O/c1-32-8-10-34(11-9-32)25-31-23-24(33(25)2)30-22(16-6-7-20(35-3)19(27)13-16)21(29-23)15-4-5-17(14-28)18(26)12-15/h4-7,12-13H,8-11H2,1-3H3. The first-order valence-corrected chi connectivity index (χ1v) is 11.1. The molecule has 0 atom stereocenters. The number of imidazole rings is 1. The van der Waals surface area contributed by atoms with Crippen molar-refractivity contribution in [2.24, 2.45) is 7.05 Å². The predicted octanol–water partition coefficient (Wildman–Crippen LogP) is 3.61. The number of aryl methyl sites for hydroxylation is 1. The van der Waals surface area contributed by atoms with Gasteiger partial charge in [0.15, 0.2) is 22.9 Å². The van der Waals surface area contributed by atoms with Crippen molar-refractivity contribution in [1.29, 1.82) is 5.26 Å². The number of piperazine rings is 1. The number of ether oxygens (including phenoxy) is 1. The third kappa shape index (κ3) is 4.04. The van der Waals surface area contributed by atoms with Crippen LogP contribution in [0.25, 0.3) is 33.8 Å². The van der Waals surface area contributed by atoms with Gasteiger partial charge in [-0.25, -0.2) is 18.7 Å². The number of methoxy groups -OCH3 is 1. The minimum Gasteiger partial charge on any atom is -0.494 e. The second-order valence-electron chi connectivity index (χ2n) is 8.48. The molecule has 0 saturated carbocycles. The fourth-order valence-corrected chi connectivity index (χ4v) is 4.24. The Morgan fingerprint density at radius 3 is 2.17 bits per heavy atom. The van der Waals surface area contributed by atoms with Gasteiger partial charge in [0.2, 0.25) is 5.95 Å². The van der Waals surface area contributed by atoms with E-state index in [1.165, 1.54) is 31.4 Å². The largest absolute Gasteiger partial charge is 0.494 e. The number of fused-ring (bicyclic) bond motifs is 1. The molecule has 178 valence electrons. The van der Waals surface area contributed by atoms with E-state index in [2.05, 4.69) is 16.8 Å². The maximum atomic E-state index is 14.6. The summed E-state index contributed by atoms with van der Waals surface area (Å²) < 4.78 is 36.0. The van der Waals surface area contributed by atoms with Gasteiger partial charge < -0.3 is 14.5 Å². The van der Waals surface area contributed by atoms with E-state index in [9.17, 15) is 8.78 Å². The molecule has 1 aliphatic heterocycles. The van der Waals surface area contributed by atoms with Crippen LogP contribution in [0.5, 0.6) is 5.75 Å². The van der Waals surface area contributed by atoms with Crippen LogP contribution < -0.4 is 9.64 Å². The summed E-state index contributed by atoms with van der Waals surface area (Å²) in [6.45, 7) is 3.46. The molecule has 8 nitrogen and oxygen atoms in total. The third-order valence-corrected chi connectivity index (χ3v) is 6.26. The Kier molecular flexibility index (Phi) is 5.78. The Balaban J connectivity index is 1.71. The number of nitrogens with zero attached hydrogens (tertiary/aromatic N) is 7. The van der Waals surface area contributed by atoms with Crippen LogP contribution in [0.1, 0.15) is 5.56 Å². The van der Waals surface area contributed by atoms with Gasteiger partial charge in [-0.2, -0.15) is 10.2 Å². The van der Waals surface area contributed by atoms with E-state index in [0.29, 0.717) is 33.8 Å². The summed E-state index contributed by atoms with van der Waals surface area (Å²) in [5, 5.41) is 9.12. The maximum Gasteiger partial charge on any atom is 0.209 e. The monoisotopic (exact) mass is 475 g/mol. The number of anilines is 1. The lowest BCUT2D eigenvalue weighted by Gasteiger charge is -2.32. The van der Waals surface area contributed by atoms with E-state index in [4.69, 9.17) is 25.0 Å². The topological polar surface area (TPSA) is 83.1 Å². The SMILES string of the molecule is COc1ccc(-c2nc3c(nc2-c2ccc(C#N)c(F)c2)nc(N2CCN(C)CC2)n3C)cc1F. The molecule has 5 rings (SSSR count). The normalized spacial score (nSPS) is 14.3. The average molecular weight is 476 g/mol. The number of halogens is 2. The first kappa shape index (κ1) is 22.7. The van der Waals surface area contributed by atoms with Crippen molar-refractivity contribution >= 4 is 17.2 Å². The van der Waals surface area contributed by atoms with E-state index < -0.39 is 11.6 Å². The highest BCUT2D eigenvalue weighted by molar-refractivity contribution is 5.85. The van der Waals surface area contributed by atoms with Crippen molar-refractivity contribution in [2.75, 3.05) is 45.2 Å². The Hall–Kier alpha value is -4.10. The summed E-state index contributed by atoms with van der Waals surface area (Å²) in [7, 11) is 5.35. The molecule has 1 aliphatic rings. The van der Waals surface area contributed by atoms with Gasteiger partial charge in [0.05, 0.1) is 24.1 Å². The smallest absolute Gasteiger partial charge is 0.209 e. The Labute approximate surface area is 201 Å². The predicted molar refractivity (Wildman–Crippen MR) is 128 cm³/mol. The number of nitriles is 1. The van der Waals surface area contributed by atoms with Gasteiger partial charge in [-0.1, -0.05) is 6.07 Å². The molecule has 0 unspecified atom stereocenters. The summed E-state index contributed by atoms with van der Waals surface area (Å²) in [4.78, 5) is 18.7. The molecule has 2 aromatic carbocycles. The van der Waals surface area contributed by atoms with Gasteiger partial charge in [0.1, 0.15) is 11.9 Å². The molecule has 3 heterocycles. The van der Waals surface area contributed by atoms with E-state index in [0.717, 1.165) is 32.1 Å². The zero-order chi connectivity index (χ0) is 24.7. The second-order valence-corrected chi connectivity index (χ2v) is 8.48. The molecule has 10 heteroatoms. The maximum absolute atomic E-state index is 14.6. The molecule has 0 radical (unpaired) electrons. The van der Waals surface area contributed by atoms with Crippen molar-refractivity contribution in [2.45, 2.75) is 0 Å². The van der Waals surface area contributed by atoms with Gasteiger partial charge in [0.25, 0.3) is 0 Å². The number of rotatable bonds is 4. The Morgan fingerprint density at radius 2 is 1.54 bits per heavy atom. The van der Waals surface area contributed by atoms with Crippen LogP contribution >= 0.6 is 0 Å². The van der Waals surface area contributed by atoms with Crippen LogP contribution in [0.2, 0.25) is 0 Å². The number of benzene rings is 2. The summed E-state index contributed by atoms with van der Waals surface area (Å²) >= 11 is 0. The van der Waals surface area contributed by atoms with Crippen molar-refractivity contribution in [3.8, 4) is 34.3 Å². The van der Waals surface area contributed by atoms with Crippen molar-refractivity contribution < 1.29 is 13.5 Å². The van der Waals surface area contributed by atoms with E-state index in [-0.39, 0.29) is 11.3 Å². The van der Waals surface area contributed by atoms with Gasteiger partial charge in [-0.05, 0) is 37.4 Å². The van der Waals surface area contributed by atoms with Gasteiger partial charge >= 0.3 is 0 Å². The highest BCUT2D eigenvalue weighted by Gasteiger charge is 2.23. The minimum absolute atomic E-state index is 0.0741. The number of hydrogen-bond donors (Lipinski definition) is 0. The van der Waals surface area contributed by atoms with Gasteiger partial charge in [-0.3, -0.25) is 4.57 Å². The lowest BCUT2D eigenvalue weighted by Crippen LogP contribution is -2.45. The molecule has 0 spiro atoms. The van der Waals surface area contributed by atoms with Crippen LogP contribution in [-0.4, -0.2) is 64.8 Å². The fourth-order valence-electron chi connectivity index (χ4n) is 4.24. The minimum atomic E-state index is -0.669. The molecular formula is C25H23F2N7O. The lowest BCUT2D eigenvalue weighted by molar-refractivity contribution is 0.310. The molecule has 4 aromatic rings. The number of aromatic nitrogens is 4. The highest BCUT2D eigenvalue weighted by atomic mass is 19.1. The van der Waals surface area contributed by atoms with E-state index >= 15 is 0 Å². The van der Waals surface area contributed by atoms with Gasteiger partial charge in [-0.15, -0.1) is 0 Å². The molecule has 0 aliphatic carbocycles. The quantitative estimate of drug-likeness (QED) is 0.446. The molecule has 0 amide bonds. The molecule has 1 fully saturated rings. The Morgan fingerprint density at radius 1 is 0.886 bits per heavy atom. The fraction of sp³-hybridized carbons (Fsp3) is 0.280. The second kappa shape index (κ2) is 8.92. The molecule has 35 heavy (non-hydrogen) atoms. The Bertz CT molecular complexity index is 1470. The van der Waals surface area contributed by atoms with Crippen LogP contribution in [0.4, 0.5) is 14.7 Å². The number of likely N-dealkylation sites (N-methyl/N-ethyl adjacent to an activating group) is 1. The average Bonchev–Trinajstić information content (AvgIpc) is 3.19. The zero-order valence-electron chi connectivity index (χ0n) is 19.6. The summed E-state index contributed by atoms with van der Waals surface area (Å²) in [5.41, 5.74) is 2.44. The first-order chi connectivity index (χ1) is 16.9. The van der Waals surface area contributed by atoms with Crippen LogP contribution in [0.3, 0.4) is 0 Å². The van der Waals surface area contributed by atoms with Gasteiger partial charge in [0, 0.05) is 44.4 Å². The van der Waals surface area contributed by atoms with Crippen LogP contribution in [0, 0.1) is 23.0 Å². The zero-order valence-corrected chi connectivity index (χ0v) is 19.6. The van der Waals surface area contributed by atoms with Crippen molar-refractivity contribution in [3.63, 3.8) is 0 Å². The van der Waals surface area contributed by atoms with Crippen LogP contribution in [0.15, 0.2) is 36.4 Å². The summed E-state index contributed by atoms with van der Waals surface area (Å²) in [5.74, 6) is -0.375. The number of hydrogen-bond acceptors (Lipinski definition) is 7. The molecule has 2 aromatic heterocycles. The van der Waals surface area contributed by atoms with Crippen molar-refractivity contribution in [3.05, 3.63) is 53.6 Å². The molecule has 1 saturated heterocycles. The van der Waals surface area contributed by atoms with E-state index in [1.54, 1.807) is 12.1 Å². The van der Waals surface area contributed by atoms with Crippen LogP contribution in [-0.2, 0) is 7.05 Å². The summed E-state index contributed by atoms with van der Waals surface area (Å²) in [6, 6.07) is 10.6. The molecular weight excluding hydrogens is 452 g/mol. The summed E-state index contributed by atoms with van der Waals surface area (Å²) in [6.07, 6.45) is 0. The molecule has 0 bridgehead atoms.